The molecule has 0 unspecified atom stereocenters. The van der Waals surface area contributed by atoms with Crippen LogP contribution in [0, 0.1) is 0 Å². The first kappa shape index (κ1) is 13.6. The van der Waals surface area contributed by atoms with Gasteiger partial charge in [-0.15, -0.1) is 11.3 Å². The third-order valence-electron chi connectivity index (χ3n) is 3.41. The number of hydrogen-bond acceptors (Lipinski definition) is 4. The lowest BCUT2D eigenvalue weighted by molar-refractivity contribution is 0.0519. The summed E-state index contributed by atoms with van der Waals surface area (Å²) in [5.74, 6) is -0.464. The summed E-state index contributed by atoms with van der Waals surface area (Å²) in [4.78, 5) is 17.6. The predicted molar refractivity (Wildman–Crippen MR) is 82.8 cm³/mol. The lowest BCUT2D eigenvalue weighted by Crippen LogP contribution is -2.07. The second-order valence-electron chi connectivity index (χ2n) is 4.84. The van der Waals surface area contributed by atoms with Crippen molar-refractivity contribution in [3.8, 4) is 0 Å². The second kappa shape index (κ2) is 5.94. The molecular formula is C15H14ClNO2S. The fourth-order valence-corrected chi connectivity index (χ4v) is 3.72. The summed E-state index contributed by atoms with van der Waals surface area (Å²) in [5.41, 5.74) is 0.974. The van der Waals surface area contributed by atoms with Crippen LogP contribution in [-0.4, -0.2) is 11.7 Å². The third-order valence-corrected chi connectivity index (χ3v) is 5.06. The van der Waals surface area contributed by atoms with E-state index in [1.54, 1.807) is 0 Å². The molecule has 2 aromatic rings. The maximum atomic E-state index is 12.1. The molecule has 20 heavy (non-hydrogen) atoms. The van der Waals surface area contributed by atoms with Gasteiger partial charge in [0.05, 0.1) is 10.7 Å². The van der Waals surface area contributed by atoms with E-state index in [1.807, 2.05) is 24.3 Å². The van der Waals surface area contributed by atoms with Gasteiger partial charge in [0.15, 0.2) is 0 Å². The minimum atomic E-state index is -0.464. The van der Waals surface area contributed by atoms with Crippen LogP contribution in [0.4, 0.5) is 0 Å². The van der Waals surface area contributed by atoms with Crippen LogP contribution in [0.1, 0.15) is 41.8 Å². The van der Waals surface area contributed by atoms with Crippen LogP contribution in [0.2, 0.25) is 5.02 Å². The van der Waals surface area contributed by atoms with E-state index in [2.05, 4.69) is 5.16 Å². The van der Waals surface area contributed by atoms with Crippen molar-refractivity contribution in [3.05, 3.63) is 34.2 Å². The number of hydrogen-bond donors (Lipinski definition) is 0. The van der Waals surface area contributed by atoms with Crippen LogP contribution in [0.5, 0.6) is 0 Å². The number of thiophene rings is 1. The molecule has 1 fully saturated rings. The first-order chi connectivity index (χ1) is 9.75. The maximum absolute atomic E-state index is 12.1. The van der Waals surface area contributed by atoms with Crippen molar-refractivity contribution in [2.45, 2.75) is 32.1 Å². The van der Waals surface area contributed by atoms with E-state index < -0.39 is 5.97 Å². The van der Waals surface area contributed by atoms with Gasteiger partial charge in [0.1, 0.15) is 4.88 Å². The van der Waals surface area contributed by atoms with Gasteiger partial charge in [0.2, 0.25) is 0 Å². The van der Waals surface area contributed by atoms with Gasteiger partial charge in [0, 0.05) is 10.1 Å². The first-order valence-corrected chi connectivity index (χ1v) is 7.89. The second-order valence-corrected chi connectivity index (χ2v) is 6.27. The normalized spacial score (nSPS) is 15.3. The highest BCUT2D eigenvalue weighted by Gasteiger charge is 2.19. The van der Waals surface area contributed by atoms with Gasteiger partial charge in [-0.1, -0.05) is 41.4 Å². The predicted octanol–water partition coefficient (Wildman–Crippen LogP) is 5.03. The number of nitrogens with zero attached hydrogens (tertiary/aromatic N) is 1. The molecule has 1 aliphatic rings. The Balaban J connectivity index is 1.80. The Labute approximate surface area is 126 Å². The lowest BCUT2D eigenvalue weighted by atomic mass is 9.99. The van der Waals surface area contributed by atoms with E-state index >= 15 is 0 Å². The van der Waals surface area contributed by atoms with Crippen LogP contribution < -0.4 is 0 Å². The van der Waals surface area contributed by atoms with Crippen molar-refractivity contribution in [1.82, 2.24) is 0 Å². The summed E-state index contributed by atoms with van der Waals surface area (Å²) < 4.78 is 0.981. The maximum Gasteiger partial charge on any atom is 0.377 e. The molecule has 1 heterocycles. The fourth-order valence-electron chi connectivity index (χ4n) is 2.34. The Bertz CT molecular complexity index is 670. The van der Waals surface area contributed by atoms with Crippen molar-refractivity contribution in [2.75, 3.05) is 0 Å². The Kier molecular flexibility index (Phi) is 4.03. The largest absolute Gasteiger partial charge is 0.377 e. The summed E-state index contributed by atoms with van der Waals surface area (Å²) in [7, 11) is 0. The van der Waals surface area contributed by atoms with Gasteiger partial charge in [-0.3, -0.25) is 0 Å². The monoisotopic (exact) mass is 307 g/mol. The highest BCUT2D eigenvalue weighted by Crippen LogP contribution is 2.35. The number of carbonyl (C=O) groups excluding carboxylic acids is 1. The molecular weight excluding hydrogens is 294 g/mol. The minimum absolute atomic E-state index is 0.424. The summed E-state index contributed by atoms with van der Waals surface area (Å²) in [6.07, 6.45) is 5.33. The van der Waals surface area contributed by atoms with Crippen molar-refractivity contribution < 1.29 is 9.63 Å². The quantitative estimate of drug-likeness (QED) is 0.576. The van der Waals surface area contributed by atoms with Gasteiger partial charge in [-0.25, -0.2) is 4.79 Å². The third kappa shape index (κ3) is 2.72. The average molecular weight is 308 g/mol. The van der Waals surface area contributed by atoms with Crippen molar-refractivity contribution >= 4 is 44.7 Å². The number of oxime groups is 1. The zero-order valence-electron chi connectivity index (χ0n) is 10.9. The summed E-state index contributed by atoms with van der Waals surface area (Å²) in [5, 5.41) is 5.33. The molecule has 1 aromatic carbocycles. The van der Waals surface area contributed by atoms with Crippen molar-refractivity contribution in [3.63, 3.8) is 0 Å². The number of benzene rings is 1. The standard InChI is InChI=1S/C15H14ClNO2S/c16-13-11-8-4-5-9-12(11)20-14(13)15(18)19-17-10-6-2-1-3-7-10/h4-5,8-9H,1-3,6-7H2. The fraction of sp³-hybridized carbons (Fsp3) is 0.333. The molecule has 3 rings (SSSR count). The Morgan fingerprint density at radius 3 is 2.70 bits per heavy atom. The molecule has 0 saturated heterocycles. The van der Waals surface area contributed by atoms with Crippen LogP contribution >= 0.6 is 22.9 Å². The smallest absolute Gasteiger partial charge is 0.312 e. The molecule has 0 spiro atoms. The topological polar surface area (TPSA) is 38.7 Å². The zero-order chi connectivity index (χ0) is 13.9. The number of carbonyl (C=O) groups is 1. The van der Waals surface area contributed by atoms with E-state index in [4.69, 9.17) is 16.4 Å². The number of fused-ring (bicyclic) bond motifs is 1. The molecule has 0 N–H and O–H groups in total. The molecule has 5 heteroatoms. The molecule has 0 amide bonds. The Morgan fingerprint density at radius 1 is 1.20 bits per heavy atom. The molecule has 0 aliphatic heterocycles. The van der Waals surface area contributed by atoms with Gasteiger partial charge in [-0.2, -0.15) is 0 Å². The highest BCUT2D eigenvalue weighted by molar-refractivity contribution is 7.21. The van der Waals surface area contributed by atoms with E-state index in [-0.39, 0.29) is 0 Å². The molecule has 0 atom stereocenters. The molecule has 1 saturated carbocycles. The van der Waals surface area contributed by atoms with Crippen LogP contribution in [0.3, 0.4) is 0 Å². The van der Waals surface area contributed by atoms with Crippen LogP contribution in [0.15, 0.2) is 29.4 Å². The highest BCUT2D eigenvalue weighted by atomic mass is 35.5. The molecule has 104 valence electrons. The molecule has 3 nitrogen and oxygen atoms in total. The van der Waals surface area contributed by atoms with Crippen LogP contribution in [-0.2, 0) is 4.84 Å². The Morgan fingerprint density at radius 2 is 1.95 bits per heavy atom. The van der Waals surface area contributed by atoms with Crippen molar-refractivity contribution in [2.24, 2.45) is 5.16 Å². The number of rotatable bonds is 2. The first-order valence-electron chi connectivity index (χ1n) is 6.70. The van der Waals surface area contributed by atoms with Gasteiger partial charge < -0.3 is 4.84 Å². The molecule has 1 aromatic heterocycles. The molecule has 0 bridgehead atoms. The molecule has 1 aliphatic carbocycles. The summed E-state index contributed by atoms with van der Waals surface area (Å²) in [6.45, 7) is 0. The van der Waals surface area contributed by atoms with E-state index in [9.17, 15) is 4.79 Å². The Hall–Kier alpha value is -1.39. The van der Waals surface area contributed by atoms with E-state index in [1.165, 1.54) is 17.8 Å². The van der Waals surface area contributed by atoms with E-state index in [0.717, 1.165) is 41.5 Å². The average Bonchev–Trinajstić information content (AvgIpc) is 2.84. The molecule has 0 radical (unpaired) electrons. The van der Waals surface area contributed by atoms with Gasteiger partial charge in [0.25, 0.3) is 0 Å². The number of halogens is 1. The SMILES string of the molecule is O=C(ON=C1CCCCC1)c1sc2ccccc2c1Cl. The lowest BCUT2D eigenvalue weighted by Gasteiger charge is -2.10. The summed E-state index contributed by atoms with van der Waals surface area (Å²) >= 11 is 7.58. The van der Waals surface area contributed by atoms with Crippen LogP contribution in [0.25, 0.3) is 10.1 Å². The zero-order valence-corrected chi connectivity index (χ0v) is 12.5. The van der Waals surface area contributed by atoms with E-state index in [0.29, 0.717) is 9.90 Å². The summed E-state index contributed by atoms with van der Waals surface area (Å²) in [6, 6.07) is 7.67. The van der Waals surface area contributed by atoms with Gasteiger partial charge >= 0.3 is 5.97 Å². The van der Waals surface area contributed by atoms with Gasteiger partial charge in [-0.05, 0) is 31.7 Å². The minimum Gasteiger partial charge on any atom is -0.312 e. The van der Waals surface area contributed by atoms with Crippen molar-refractivity contribution in [1.29, 1.82) is 0 Å².